The van der Waals surface area contributed by atoms with E-state index in [0.717, 1.165) is 21.9 Å². The molecule has 0 atom stereocenters. The predicted molar refractivity (Wildman–Crippen MR) is 90.9 cm³/mol. The molecule has 0 unspecified atom stereocenters. The molecule has 0 radical (unpaired) electrons. The van der Waals surface area contributed by atoms with E-state index in [9.17, 15) is 5.21 Å². The monoisotopic (exact) mass is 318 g/mol. The largest absolute Gasteiger partial charge is 0.496 e. The SMILES string of the molecule is COc1cccc2cnc(-c3cc(=NO)c4ccccc4o3)cc12. The van der Waals surface area contributed by atoms with Gasteiger partial charge in [-0.15, -0.1) is 0 Å². The summed E-state index contributed by atoms with van der Waals surface area (Å²) in [5.74, 6) is 1.29. The van der Waals surface area contributed by atoms with E-state index in [2.05, 4.69) is 10.1 Å². The van der Waals surface area contributed by atoms with Gasteiger partial charge < -0.3 is 14.4 Å². The van der Waals surface area contributed by atoms with Gasteiger partial charge in [0.1, 0.15) is 22.4 Å². The standard InChI is InChI=1S/C19H14N2O3/c1-23-17-8-4-5-12-11-20-16(9-14(12)17)19-10-15(21-22)13-6-2-3-7-18(13)24-19/h2-11,22H,1H3. The van der Waals surface area contributed by atoms with Gasteiger partial charge in [0.25, 0.3) is 0 Å². The number of aromatic nitrogens is 1. The molecule has 0 saturated carbocycles. The number of methoxy groups -OCH3 is 1. The summed E-state index contributed by atoms with van der Waals surface area (Å²) < 4.78 is 11.4. The highest BCUT2D eigenvalue weighted by Gasteiger charge is 2.10. The van der Waals surface area contributed by atoms with E-state index in [4.69, 9.17) is 9.15 Å². The maximum Gasteiger partial charge on any atom is 0.155 e. The first-order chi connectivity index (χ1) is 11.8. The molecule has 0 spiro atoms. The van der Waals surface area contributed by atoms with Gasteiger partial charge in [0, 0.05) is 28.4 Å². The summed E-state index contributed by atoms with van der Waals surface area (Å²) in [7, 11) is 1.64. The van der Waals surface area contributed by atoms with Crippen molar-refractivity contribution in [2.75, 3.05) is 7.11 Å². The third-order valence-electron chi connectivity index (χ3n) is 3.95. The highest BCUT2D eigenvalue weighted by Crippen LogP contribution is 2.29. The first-order valence-corrected chi connectivity index (χ1v) is 7.44. The number of hydrogen-bond donors (Lipinski definition) is 1. The van der Waals surface area contributed by atoms with Gasteiger partial charge >= 0.3 is 0 Å². The normalized spacial score (nSPS) is 12.0. The van der Waals surface area contributed by atoms with Crippen molar-refractivity contribution in [1.29, 1.82) is 0 Å². The molecule has 4 rings (SSSR count). The number of pyridine rings is 1. The number of fused-ring (bicyclic) bond motifs is 2. The van der Waals surface area contributed by atoms with Crippen molar-refractivity contribution < 1.29 is 14.4 Å². The fourth-order valence-electron chi connectivity index (χ4n) is 2.78. The van der Waals surface area contributed by atoms with Crippen LogP contribution in [0.5, 0.6) is 5.75 Å². The molecule has 1 N–H and O–H groups in total. The Kier molecular flexibility index (Phi) is 3.39. The van der Waals surface area contributed by atoms with Crippen LogP contribution in [0.25, 0.3) is 33.2 Å². The quantitative estimate of drug-likeness (QED) is 0.449. The van der Waals surface area contributed by atoms with Crippen LogP contribution >= 0.6 is 0 Å². The van der Waals surface area contributed by atoms with E-state index in [0.29, 0.717) is 22.4 Å². The van der Waals surface area contributed by atoms with Crippen molar-refractivity contribution in [3.05, 3.63) is 66.2 Å². The van der Waals surface area contributed by atoms with Crippen LogP contribution in [0.4, 0.5) is 0 Å². The van der Waals surface area contributed by atoms with Crippen LogP contribution in [0.15, 0.2) is 70.4 Å². The predicted octanol–water partition coefficient (Wildman–Crippen LogP) is 3.95. The van der Waals surface area contributed by atoms with Crippen molar-refractivity contribution in [3.8, 4) is 17.2 Å². The Morgan fingerprint density at radius 3 is 2.75 bits per heavy atom. The average molecular weight is 318 g/mol. The zero-order valence-electron chi connectivity index (χ0n) is 12.9. The second-order valence-corrected chi connectivity index (χ2v) is 5.34. The van der Waals surface area contributed by atoms with Crippen LogP contribution in [-0.4, -0.2) is 17.3 Å². The molecule has 0 bridgehead atoms. The summed E-state index contributed by atoms with van der Waals surface area (Å²) in [6, 6.07) is 16.8. The van der Waals surface area contributed by atoms with Crippen molar-refractivity contribution in [1.82, 2.24) is 4.98 Å². The Labute approximate surface area is 137 Å². The highest BCUT2D eigenvalue weighted by molar-refractivity contribution is 5.90. The minimum Gasteiger partial charge on any atom is -0.496 e. The summed E-state index contributed by atoms with van der Waals surface area (Å²) in [4.78, 5) is 4.46. The number of rotatable bonds is 2. The van der Waals surface area contributed by atoms with Gasteiger partial charge in [-0.1, -0.05) is 29.4 Å². The lowest BCUT2D eigenvalue weighted by Gasteiger charge is -2.07. The maximum atomic E-state index is 9.30. The minimum atomic E-state index is 0.439. The van der Waals surface area contributed by atoms with Crippen LogP contribution in [-0.2, 0) is 0 Å². The first kappa shape index (κ1) is 14.3. The minimum absolute atomic E-state index is 0.439. The fraction of sp³-hybridized carbons (Fsp3) is 0.0526. The number of para-hydroxylation sites is 1. The van der Waals surface area contributed by atoms with Gasteiger partial charge in [-0.2, -0.15) is 0 Å². The van der Waals surface area contributed by atoms with Gasteiger partial charge in [-0.3, -0.25) is 4.98 Å². The molecular formula is C19H14N2O3. The molecule has 5 nitrogen and oxygen atoms in total. The molecule has 2 heterocycles. The molecule has 0 aliphatic heterocycles. The lowest BCUT2D eigenvalue weighted by molar-refractivity contribution is 0.302. The topological polar surface area (TPSA) is 67.9 Å². The van der Waals surface area contributed by atoms with Crippen molar-refractivity contribution >= 4 is 21.7 Å². The highest BCUT2D eigenvalue weighted by atomic mass is 16.5. The summed E-state index contributed by atoms with van der Waals surface area (Å²) in [6.07, 6.45) is 1.77. The second-order valence-electron chi connectivity index (χ2n) is 5.34. The van der Waals surface area contributed by atoms with Gasteiger partial charge in [-0.05, 0) is 24.3 Å². The molecule has 0 aliphatic carbocycles. The smallest absolute Gasteiger partial charge is 0.155 e. The third kappa shape index (κ3) is 2.27. The summed E-state index contributed by atoms with van der Waals surface area (Å²) in [6.45, 7) is 0. The first-order valence-electron chi connectivity index (χ1n) is 7.44. The van der Waals surface area contributed by atoms with Crippen molar-refractivity contribution in [2.24, 2.45) is 5.16 Å². The molecule has 24 heavy (non-hydrogen) atoms. The van der Waals surface area contributed by atoms with Gasteiger partial charge in [0.05, 0.1) is 7.11 Å². The van der Waals surface area contributed by atoms with Crippen LogP contribution in [0.1, 0.15) is 0 Å². The number of hydrogen-bond acceptors (Lipinski definition) is 5. The summed E-state index contributed by atoms with van der Waals surface area (Å²) >= 11 is 0. The van der Waals surface area contributed by atoms with E-state index in [-0.39, 0.29) is 0 Å². The molecule has 0 aliphatic rings. The molecule has 118 valence electrons. The van der Waals surface area contributed by atoms with Crippen LogP contribution < -0.4 is 10.1 Å². The van der Waals surface area contributed by atoms with E-state index in [1.807, 2.05) is 48.5 Å². The maximum absolute atomic E-state index is 9.30. The molecule has 0 fully saturated rings. The van der Waals surface area contributed by atoms with E-state index >= 15 is 0 Å². The molecular weight excluding hydrogens is 304 g/mol. The van der Waals surface area contributed by atoms with Crippen molar-refractivity contribution in [3.63, 3.8) is 0 Å². The molecule has 2 aromatic carbocycles. The molecule has 0 amide bonds. The van der Waals surface area contributed by atoms with Crippen LogP contribution in [0.3, 0.4) is 0 Å². The Bertz CT molecular complexity index is 1120. The molecule has 0 saturated heterocycles. The lowest BCUT2D eigenvalue weighted by atomic mass is 10.1. The Morgan fingerprint density at radius 1 is 1.04 bits per heavy atom. The van der Waals surface area contributed by atoms with E-state index in [1.54, 1.807) is 19.4 Å². The zero-order chi connectivity index (χ0) is 16.5. The Hall–Kier alpha value is -3.34. The molecule has 5 heteroatoms. The second kappa shape index (κ2) is 5.70. The number of benzene rings is 2. The van der Waals surface area contributed by atoms with Gasteiger partial charge in [0.2, 0.25) is 0 Å². The van der Waals surface area contributed by atoms with E-state index < -0.39 is 0 Å². The number of nitrogens with zero attached hydrogens (tertiary/aromatic N) is 2. The average Bonchev–Trinajstić information content (AvgIpc) is 2.66. The zero-order valence-corrected chi connectivity index (χ0v) is 12.9. The lowest BCUT2D eigenvalue weighted by Crippen LogP contribution is -2.03. The van der Waals surface area contributed by atoms with Crippen LogP contribution in [0, 0.1) is 0 Å². The Morgan fingerprint density at radius 2 is 1.92 bits per heavy atom. The summed E-state index contributed by atoms with van der Waals surface area (Å²) in [5.41, 5.74) is 1.27. The summed E-state index contributed by atoms with van der Waals surface area (Å²) in [5, 5.41) is 15.8. The Balaban J connectivity index is 1.99. The fourth-order valence-corrected chi connectivity index (χ4v) is 2.78. The van der Waals surface area contributed by atoms with Crippen molar-refractivity contribution in [2.45, 2.75) is 0 Å². The van der Waals surface area contributed by atoms with Crippen LogP contribution in [0.2, 0.25) is 0 Å². The third-order valence-corrected chi connectivity index (χ3v) is 3.95. The molecule has 2 aromatic heterocycles. The van der Waals surface area contributed by atoms with Gasteiger partial charge in [-0.25, -0.2) is 0 Å². The van der Waals surface area contributed by atoms with E-state index in [1.165, 1.54) is 0 Å². The molecule has 4 aromatic rings. The van der Waals surface area contributed by atoms with Gasteiger partial charge in [0.15, 0.2) is 5.76 Å². The number of ether oxygens (including phenoxy) is 1.